The molecular formula is C9H13ClN4O. The highest BCUT2D eigenvalue weighted by molar-refractivity contribution is 6.28. The molecule has 0 radical (unpaired) electrons. The Hall–Kier alpha value is -1.36. The molecule has 0 saturated heterocycles. The quantitative estimate of drug-likeness (QED) is 0.772. The maximum atomic E-state index is 10.8. The van der Waals surface area contributed by atoms with Crippen LogP contribution in [0.1, 0.15) is 12.6 Å². The van der Waals surface area contributed by atoms with Gasteiger partial charge in [-0.05, 0) is 25.4 Å². The Kier molecular flexibility index (Phi) is 3.85. The molecule has 0 spiro atoms. The molecule has 82 valence electrons. The molecule has 0 aliphatic rings. The van der Waals surface area contributed by atoms with Gasteiger partial charge in [0, 0.05) is 18.3 Å². The van der Waals surface area contributed by atoms with E-state index < -0.39 is 5.91 Å². The highest BCUT2D eigenvalue weighted by Gasteiger charge is 2.10. The number of carbonyl (C=O) groups is 1. The minimum Gasteiger partial charge on any atom is -0.368 e. The summed E-state index contributed by atoms with van der Waals surface area (Å²) in [5, 5.41) is 0.174. The Labute approximate surface area is 93.3 Å². The molecule has 15 heavy (non-hydrogen) atoms. The fourth-order valence-electron chi connectivity index (χ4n) is 1.22. The van der Waals surface area contributed by atoms with E-state index in [0.29, 0.717) is 12.4 Å². The van der Waals surface area contributed by atoms with Gasteiger partial charge in [-0.1, -0.05) is 0 Å². The summed E-state index contributed by atoms with van der Waals surface area (Å²) in [5.41, 5.74) is 5.88. The molecule has 1 aromatic rings. The molecule has 0 aliphatic heterocycles. The molecule has 0 saturated carbocycles. The number of nitrogens with two attached hydrogens (primary N) is 1. The Bertz CT molecular complexity index is 349. The summed E-state index contributed by atoms with van der Waals surface area (Å²) < 4.78 is 0. The molecule has 1 rings (SSSR count). The van der Waals surface area contributed by atoms with E-state index in [1.807, 2.05) is 13.8 Å². The van der Waals surface area contributed by atoms with Crippen molar-refractivity contribution in [1.29, 1.82) is 0 Å². The second kappa shape index (κ2) is 4.93. The fraction of sp³-hybridized carbons (Fsp3) is 0.444. The Balaban J connectivity index is 2.95. The topological polar surface area (TPSA) is 72.1 Å². The molecule has 0 fully saturated rings. The largest absolute Gasteiger partial charge is 0.368 e. The van der Waals surface area contributed by atoms with Crippen LogP contribution in [0.25, 0.3) is 0 Å². The molecule has 1 aromatic heterocycles. The molecule has 5 nitrogen and oxygen atoms in total. The molecule has 1 amide bonds. The number of hydrogen-bond acceptors (Lipinski definition) is 4. The lowest BCUT2D eigenvalue weighted by Crippen LogP contribution is -2.34. The van der Waals surface area contributed by atoms with Crippen molar-refractivity contribution < 1.29 is 4.79 Å². The van der Waals surface area contributed by atoms with Crippen molar-refractivity contribution in [3.63, 3.8) is 0 Å². The normalized spacial score (nSPS) is 10.1. The van der Waals surface area contributed by atoms with Crippen molar-refractivity contribution in [2.24, 2.45) is 5.73 Å². The standard InChI is InChI=1S/C9H13ClN4O/c1-3-14(5-7(11)15)8-4-6(2)12-9(10)13-8/h4H,3,5H2,1-2H3,(H2,11,15). The van der Waals surface area contributed by atoms with Crippen LogP contribution in [-0.4, -0.2) is 29.0 Å². The summed E-state index contributed by atoms with van der Waals surface area (Å²) >= 11 is 5.72. The molecule has 6 heteroatoms. The van der Waals surface area contributed by atoms with Gasteiger partial charge in [-0.15, -0.1) is 0 Å². The van der Waals surface area contributed by atoms with E-state index in [1.165, 1.54) is 0 Å². The SMILES string of the molecule is CCN(CC(N)=O)c1cc(C)nc(Cl)n1. The first-order chi connectivity index (χ1) is 7.02. The number of rotatable bonds is 4. The molecule has 0 aromatic carbocycles. The lowest BCUT2D eigenvalue weighted by molar-refractivity contribution is -0.116. The number of carbonyl (C=O) groups excluding carboxylic acids is 1. The molecule has 2 N–H and O–H groups in total. The number of anilines is 1. The average molecular weight is 229 g/mol. The second-order valence-electron chi connectivity index (χ2n) is 3.12. The van der Waals surface area contributed by atoms with Crippen molar-refractivity contribution in [1.82, 2.24) is 9.97 Å². The van der Waals surface area contributed by atoms with Crippen molar-refractivity contribution >= 4 is 23.3 Å². The molecular weight excluding hydrogens is 216 g/mol. The zero-order valence-electron chi connectivity index (χ0n) is 8.70. The third-order valence-corrected chi connectivity index (χ3v) is 2.03. The summed E-state index contributed by atoms with van der Waals surface area (Å²) in [5.74, 6) is 0.220. The number of halogens is 1. The van der Waals surface area contributed by atoms with Gasteiger partial charge in [-0.3, -0.25) is 4.79 Å². The average Bonchev–Trinajstić information content (AvgIpc) is 2.12. The van der Waals surface area contributed by atoms with Crippen molar-refractivity contribution in [3.05, 3.63) is 17.0 Å². The first-order valence-electron chi connectivity index (χ1n) is 4.57. The van der Waals surface area contributed by atoms with Gasteiger partial charge in [0.1, 0.15) is 5.82 Å². The van der Waals surface area contributed by atoms with Crippen LogP contribution in [0.4, 0.5) is 5.82 Å². The van der Waals surface area contributed by atoms with Gasteiger partial charge in [-0.2, -0.15) is 0 Å². The first kappa shape index (κ1) is 11.7. The minimum absolute atomic E-state index is 0.128. The molecule has 0 unspecified atom stereocenters. The smallest absolute Gasteiger partial charge is 0.236 e. The minimum atomic E-state index is -0.399. The Morgan fingerprint density at radius 1 is 1.60 bits per heavy atom. The van der Waals surface area contributed by atoms with E-state index in [-0.39, 0.29) is 11.8 Å². The Morgan fingerprint density at radius 3 is 2.73 bits per heavy atom. The maximum Gasteiger partial charge on any atom is 0.236 e. The number of primary amides is 1. The van der Waals surface area contributed by atoms with Crippen LogP contribution in [0.15, 0.2) is 6.07 Å². The summed E-state index contributed by atoms with van der Waals surface area (Å²) in [4.78, 5) is 20.5. The number of aromatic nitrogens is 2. The zero-order valence-corrected chi connectivity index (χ0v) is 9.45. The van der Waals surface area contributed by atoms with Crippen molar-refractivity contribution in [2.75, 3.05) is 18.0 Å². The van der Waals surface area contributed by atoms with E-state index in [2.05, 4.69) is 9.97 Å². The van der Waals surface area contributed by atoms with Gasteiger partial charge in [0.2, 0.25) is 11.2 Å². The highest BCUT2D eigenvalue weighted by Crippen LogP contribution is 2.14. The number of nitrogens with zero attached hydrogens (tertiary/aromatic N) is 3. The lowest BCUT2D eigenvalue weighted by atomic mass is 10.4. The second-order valence-corrected chi connectivity index (χ2v) is 3.46. The van der Waals surface area contributed by atoms with Gasteiger partial charge in [0.05, 0.1) is 6.54 Å². The monoisotopic (exact) mass is 228 g/mol. The van der Waals surface area contributed by atoms with E-state index >= 15 is 0 Å². The van der Waals surface area contributed by atoms with Crippen LogP contribution in [-0.2, 0) is 4.79 Å². The molecule has 0 bridgehead atoms. The summed E-state index contributed by atoms with van der Waals surface area (Å²) in [6.45, 7) is 4.49. The van der Waals surface area contributed by atoms with Gasteiger partial charge >= 0.3 is 0 Å². The van der Waals surface area contributed by atoms with E-state index in [9.17, 15) is 4.79 Å². The van der Waals surface area contributed by atoms with Crippen LogP contribution >= 0.6 is 11.6 Å². The van der Waals surface area contributed by atoms with Crippen molar-refractivity contribution in [2.45, 2.75) is 13.8 Å². The van der Waals surface area contributed by atoms with Crippen LogP contribution in [0.3, 0.4) is 0 Å². The number of aryl methyl sites for hydroxylation is 1. The predicted molar refractivity (Wildman–Crippen MR) is 58.9 cm³/mol. The number of amides is 1. The van der Waals surface area contributed by atoms with Crippen LogP contribution in [0.5, 0.6) is 0 Å². The van der Waals surface area contributed by atoms with E-state index in [0.717, 1.165) is 5.69 Å². The van der Waals surface area contributed by atoms with Gasteiger partial charge in [0.25, 0.3) is 0 Å². The van der Waals surface area contributed by atoms with Gasteiger partial charge < -0.3 is 10.6 Å². The predicted octanol–water partition coefficient (Wildman–Crippen LogP) is 0.750. The lowest BCUT2D eigenvalue weighted by Gasteiger charge is -2.20. The fourth-order valence-corrected chi connectivity index (χ4v) is 1.44. The third-order valence-electron chi connectivity index (χ3n) is 1.87. The summed E-state index contributed by atoms with van der Waals surface area (Å²) in [7, 11) is 0. The van der Waals surface area contributed by atoms with Gasteiger partial charge in [0.15, 0.2) is 0 Å². The van der Waals surface area contributed by atoms with E-state index in [4.69, 9.17) is 17.3 Å². The van der Waals surface area contributed by atoms with Gasteiger partial charge in [-0.25, -0.2) is 9.97 Å². The summed E-state index contributed by atoms with van der Waals surface area (Å²) in [6.07, 6.45) is 0. The van der Waals surface area contributed by atoms with Crippen LogP contribution < -0.4 is 10.6 Å². The molecule has 1 heterocycles. The summed E-state index contributed by atoms with van der Waals surface area (Å²) in [6, 6.07) is 1.76. The molecule has 0 aliphatic carbocycles. The van der Waals surface area contributed by atoms with E-state index in [1.54, 1.807) is 11.0 Å². The zero-order chi connectivity index (χ0) is 11.4. The molecule has 0 atom stereocenters. The van der Waals surface area contributed by atoms with Crippen LogP contribution in [0, 0.1) is 6.92 Å². The maximum absolute atomic E-state index is 10.8. The Morgan fingerprint density at radius 2 is 2.27 bits per heavy atom. The third kappa shape index (κ3) is 3.36. The van der Waals surface area contributed by atoms with Crippen LogP contribution in [0.2, 0.25) is 5.28 Å². The van der Waals surface area contributed by atoms with Crippen molar-refractivity contribution in [3.8, 4) is 0 Å². The number of hydrogen-bond donors (Lipinski definition) is 1. The number of likely N-dealkylation sites (N-methyl/N-ethyl adjacent to an activating group) is 1. The highest BCUT2D eigenvalue weighted by atomic mass is 35.5. The first-order valence-corrected chi connectivity index (χ1v) is 4.95.